The van der Waals surface area contributed by atoms with Crippen LogP contribution in [0.1, 0.15) is 0 Å². The molecule has 11 heavy (non-hydrogen) atoms. The minimum atomic E-state index is -0.466. The molecule has 2 rings (SSSR count). The molecule has 1 aliphatic carbocycles. The number of carbonyl (C=O) groups is 1. The molecule has 1 aliphatic heterocycles. The maximum Gasteiger partial charge on any atom is 0.267 e. The highest BCUT2D eigenvalue weighted by atomic mass is 16.1. The molecule has 0 fully saturated rings. The van der Waals surface area contributed by atoms with Crippen LogP contribution in [0, 0.1) is 0 Å². The van der Waals surface area contributed by atoms with Gasteiger partial charge in [0, 0.05) is 17.3 Å². The maximum absolute atomic E-state index is 10.7. The molecule has 0 unspecified atom stereocenters. The number of nitrogens with two attached hydrogens (primary N) is 1. The smallest absolute Gasteiger partial charge is 0.267 e. The van der Waals surface area contributed by atoms with Gasteiger partial charge in [-0.25, -0.2) is 4.99 Å². The Hall–Kier alpha value is -1.64. The summed E-state index contributed by atoms with van der Waals surface area (Å²) >= 11 is 0. The molecule has 0 bridgehead atoms. The van der Waals surface area contributed by atoms with E-state index in [9.17, 15) is 4.79 Å². The average molecular weight is 146 g/mol. The summed E-state index contributed by atoms with van der Waals surface area (Å²) in [5.74, 6) is -0.466. The van der Waals surface area contributed by atoms with E-state index in [4.69, 9.17) is 5.73 Å². The number of rotatable bonds is 1. The fourth-order valence-corrected chi connectivity index (χ4v) is 1.16. The highest BCUT2D eigenvalue weighted by molar-refractivity contribution is 6.47. The monoisotopic (exact) mass is 146 g/mol. The SMILES string of the molecule is NC(=O)C1=NC=C2C=CC=C21. The van der Waals surface area contributed by atoms with Crippen LogP contribution >= 0.6 is 0 Å². The van der Waals surface area contributed by atoms with Crippen LogP contribution in [-0.4, -0.2) is 11.6 Å². The van der Waals surface area contributed by atoms with Gasteiger partial charge >= 0.3 is 0 Å². The Morgan fingerprint density at radius 3 is 3.09 bits per heavy atom. The zero-order valence-electron chi connectivity index (χ0n) is 5.74. The number of nitrogens with zero attached hydrogens (tertiary/aromatic N) is 1. The molecular formula is C8H6N2O. The highest BCUT2D eigenvalue weighted by Gasteiger charge is 2.21. The number of primary amides is 1. The van der Waals surface area contributed by atoms with Crippen molar-refractivity contribution in [3.63, 3.8) is 0 Å². The molecule has 0 spiro atoms. The fourth-order valence-electron chi connectivity index (χ4n) is 1.16. The van der Waals surface area contributed by atoms with Crippen molar-refractivity contribution in [1.29, 1.82) is 0 Å². The lowest BCUT2D eigenvalue weighted by atomic mass is 10.1. The molecule has 2 N–H and O–H groups in total. The Morgan fingerprint density at radius 2 is 2.36 bits per heavy atom. The van der Waals surface area contributed by atoms with Gasteiger partial charge in [-0.3, -0.25) is 4.79 Å². The minimum Gasteiger partial charge on any atom is -0.364 e. The van der Waals surface area contributed by atoms with E-state index in [1.54, 1.807) is 6.20 Å². The third-order valence-corrected chi connectivity index (χ3v) is 1.67. The Morgan fingerprint density at radius 1 is 1.55 bits per heavy atom. The van der Waals surface area contributed by atoms with Gasteiger partial charge in [-0.1, -0.05) is 18.2 Å². The molecule has 3 nitrogen and oxygen atoms in total. The summed E-state index contributed by atoms with van der Waals surface area (Å²) in [6.07, 6.45) is 7.26. The Kier molecular flexibility index (Phi) is 1.06. The first-order valence-electron chi connectivity index (χ1n) is 3.26. The molecular weight excluding hydrogens is 140 g/mol. The zero-order chi connectivity index (χ0) is 7.84. The molecule has 1 heterocycles. The van der Waals surface area contributed by atoms with Gasteiger partial charge in [0.05, 0.1) is 0 Å². The molecule has 0 aromatic carbocycles. The third kappa shape index (κ3) is 0.741. The lowest BCUT2D eigenvalue weighted by Crippen LogP contribution is -2.23. The van der Waals surface area contributed by atoms with E-state index in [0.717, 1.165) is 11.1 Å². The quantitative estimate of drug-likeness (QED) is 0.568. The lowest BCUT2D eigenvalue weighted by Gasteiger charge is -1.95. The molecule has 0 saturated heterocycles. The zero-order valence-corrected chi connectivity index (χ0v) is 5.74. The molecule has 54 valence electrons. The van der Waals surface area contributed by atoms with E-state index in [2.05, 4.69) is 4.99 Å². The summed E-state index contributed by atoms with van der Waals surface area (Å²) < 4.78 is 0. The third-order valence-electron chi connectivity index (χ3n) is 1.67. The van der Waals surface area contributed by atoms with Crippen LogP contribution in [0.5, 0.6) is 0 Å². The van der Waals surface area contributed by atoms with Crippen LogP contribution in [0.25, 0.3) is 0 Å². The van der Waals surface area contributed by atoms with Crippen molar-refractivity contribution < 1.29 is 4.79 Å². The van der Waals surface area contributed by atoms with Crippen molar-refractivity contribution >= 4 is 11.6 Å². The van der Waals surface area contributed by atoms with Gasteiger partial charge in [0.15, 0.2) is 0 Å². The summed E-state index contributed by atoms with van der Waals surface area (Å²) in [6, 6.07) is 0. The summed E-state index contributed by atoms with van der Waals surface area (Å²) in [6.45, 7) is 0. The van der Waals surface area contributed by atoms with Crippen molar-refractivity contribution in [3.05, 3.63) is 35.6 Å². The van der Waals surface area contributed by atoms with Crippen molar-refractivity contribution in [2.45, 2.75) is 0 Å². The number of fused-ring (bicyclic) bond motifs is 1. The molecule has 0 aromatic rings. The first-order chi connectivity index (χ1) is 5.29. The van der Waals surface area contributed by atoms with Crippen LogP contribution in [0.15, 0.2) is 40.6 Å². The molecule has 2 aliphatic rings. The van der Waals surface area contributed by atoms with Crippen molar-refractivity contribution in [2.24, 2.45) is 10.7 Å². The number of allylic oxidation sites excluding steroid dienone is 4. The van der Waals surface area contributed by atoms with Gasteiger partial charge in [0.25, 0.3) is 5.91 Å². The first-order valence-corrected chi connectivity index (χ1v) is 3.26. The fraction of sp³-hybridized carbons (Fsp3) is 0. The van der Waals surface area contributed by atoms with Gasteiger partial charge in [0.2, 0.25) is 0 Å². The summed E-state index contributed by atoms with van der Waals surface area (Å²) in [4.78, 5) is 14.6. The molecule has 0 radical (unpaired) electrons. The van der Waals surface area contributed by atoms with Gasteiger partial charge < -0.3 is 5.73 Å². The minimum absolute atomic E-state index is 0.366. The predicted octanol–water partition coefficient (Wildman–Crippen LogP) is 0.306. The van der Waals surface area contributed by atoms with Crippen LogP contribution in [-0.2, 0) is 4.79 Å². The Labute approximate surface area is 63.6 Å². The van der Waals surface area contributed by atoms with E-state index in [-0.39, 0.29) is 0 Å². The van der Waals surface area contributed by atoms with E-state index >= 15 is 0 Å². The van der Waals surface area contributed by atoms with Crippen molar-refractivity contribution in [3.8, 4) is 0 Å². The lowest BCUT2D eigenvalue weighted by molar-refractivity contribution is -0.111. The van der Waals surface area contributed by atoms with Gasteiger partial charge in [-0.2, -0.15) is 0 Å². The Bertz CT molecular complexity index is 345. The summed E-state index contributed by atoms with van der Waals surface area (Å²) in [5, 5.41) is 0. The van der Waals surface area contributed by atoms with E-state index < -0.39 is 5.91 Å². The molecule has 0 atom stereocenters. The number of carbonyl (C=O) groups excluding carboxylic acids is 1. The molecule has 0 aromatic heterocycles. The summed E-state index contributed by atoms with van der Waals surface area (Å²) in [5.41, 5.74) is 7.26. The molecule has 3 heteroatoms. The van der Waals surface area contributed by atoms with Crippen LogP contribution in [0.2, 0.25) is 0 Å². The van der Waals surface area contributed by atoms with Crippen molar-refractivity contribution in [1.82, 2.24) is 0 Å². The van der Waals surface area contributed by atoms with Crippen LogP contribution in [0.4, 0.5) is 0 Å². The topological polar surface area (TPSA) is 55.5 Å². The van der Waals surface area contributed by atoms with Gasteiger partial charge in [0.1, 0.15) is 5.71 Å². The number of hydrogen-bond donors (Lipinski definition) is 1. The summed E-state index contributed by atoms with van der Waals surface area (Å²) in [7, 11) is 0. The molecule has 0 saturated carbocycles. The van der Waals surface area contributed by atoms with E-state index in [1.165, 1.54) is 0 Å². The normalized spacial score (nSPS) is 19.1. The number of amides is 1. The second kappa shape index (κ2) is 1.92. The average Bonchev–Trinajstić information content (AvgIpc) is 2.41. The second-order valence-electron chi connectivity index (χ2n) is 2.37. The van der Waals surface area contributed by atoms with E-state index in [0.29, 0.717) is 5.71 Å². The second-order valence-corrected chi connectivity index (χ2v) is 2.37. The van der Waals surface area contributed by atoms with Gasteiger partial charge in [-0.05, 0) is 0 Å². The predicted molar refractivity (Wildman–Crippen MR) is 41.9 cm³/mol. The number of hydrogen-bond acceptors (Lipinski definition) is 2. The van der Waals surface area contributed by atoms with Crippen LogP contribution in [0.3, 0.4) is 0 Å². The highest BCUT2D eigenvalue weighted by Crippen LogP contribution is 2.24. The molecule has 1 amide bonds. The van der Waals surface area contributed by atoms with Gasteiger partial charge in [-0.15, -0.1) is 0 Å². The van der Waals surface area contributed by atoms with Crippen molar-refractivity contribution in [2.75, 3.05) is 0 Å². The first kappa shape index (κ1) is 6.09. The number of aliphatic imine (C=N–C) groups is 1. The van der Waals surface area contributed by atoms with E-state index in [1.807, 2.05) is 18.2 Å². The Balaban J connectivity index is 2.41. The largest absolute Gasteiger partial charge is 0.364 e. The standard InChI is InChI=1S/C8H6N2O/c9-8(11)7-6-3-1-2-5(6)4-10-7/h1-4H,(H2,9,11). The van der Waals surface area contributed by atoms with Crippen LogP contribution < -0.4 is 5.73 Å². The maximum atomic E-state index is 10.7.